The van der Waals surface area contributed by atoms with Crippen molar-refractivity contribution in [1.82, 2.24) is 14.5 Å². The number of nitrogens with zero attached hydrogens (tertiary/aromatic N) is 3. The molecule has 0 amide bonds. The Balaban J connectivity index is 1.30. The number of hydrogen-bond donors (Lipinski definition) is 2. The molecule has 0 spiro atoms. The van der Waals surface area contributed by atoms with E-state index in [0.29, 0.717) is 22.3 Å². The zero-order valence-electron chi connectivity index (χ0n) is 20.4. The standard InChI is InChI=1S/C28H22F3N5OS/c1-17-4-3-5-18(2)26(17)35-27(38)34-25-13-19-6-7-20(12-21(19)14-32-25)24-15-36(16-33-24)22-8-10-23(11-9-22)37-28(29,30)31/h3-16H,1-2H3,(H2,32,34,35,38). The maximum atomic E-state index is 12.4. The van der Waals surface area contributed by atoms with Crippen molar-refractivity contribution in [2.45, 2.75) is 20.2 Å². The van der Waals surface area contributed by atoms with Crippen molar-refractivity contribution in [2.24, 2.45) is 0 Å². The first kappa shape index (κ1) is 25.2. The molecule has 0 aliphatic carbocycles. The monoisotopic (exact) mass is 533 g/mol. The number of benzene rings is 3. The molecule has 5 rings (SSSR count). The molecule has 192 valence electrons. The summed E-state index contributed by atoms with van der Waals surface area (Å²) >= 11 is 5.49. The second-order valence-corrected chi connectivity index (χ2v) is 9.09. The Morgan fingerprint density at radius 3 is 2.34 bits per heavy atom. The van der Waals surface area contributed by atoms with Crippen LogP contribution >= 0.6 is 12.2 Å². The molecular formula is C28H22F3N5OS. The van der Waals surface area contributed by atoms with Crippen molar-refractivity contribution < 1.29 is 17.9 Å². The van der Waals surface area contributed by atoms with Crippen LogP contribution in [0, 0.1) is 13.8 Å². The maximum absolute atomic E-state index is 12.4. The van der Waals surface area contributed by atoms with E-state index in [0.717, 1.165) is 33.2 Å². The van der Waals surface area contributed by atoms with E-state index in [1.807, 2.05) is 62.5 Å². The zero-order chi connectivity index (χ0) is 26.9. The highest BCUT2D eigenvalue weighted by atomic mass is 32.1. The molecule has 0 aliphatic heterocycles. The smallest absolute Gasteiger partial charge is 0.406 e. The summed E-state index contributed by atoms with van der Waals surface area (Å²) in [5.41, 5.74) is 5.42. The summed E-state index contributed by atoms with van der Waals surface area (Å²) in [6.45, 7) is 4.05. The Hall–Kier alpha value is -4.44. The fourth-order valence-electron chi connectivity index (χ4n) is 4.08. The number of fused-ring (bicyclic) bond motifs is 1. The van der Waals surface area contributed by atoms with Gasteiger partial charge in [0.05, 0.1) is 12.0 Å². The van der Waals surface area contributed by atoms with Gasteiger partial charge in [0.25, 0.3) is 0 Å². The van der Waals surface area contributed by atoms with Crippen LogP contribution in [0.4, 0.5) is 24.7 Å². The van der Waals surface area contributed by atoms with Crippen LogP contribution < -0.4 is 15.4 Å². The molecule has 2 aromatic heterocycles. The average molecular weight is 534 g/mol. The molecule has 6 nitrogen and oxygen atoms in total. The van der Waals surface area contributed by atoms with Gasteiger partial charge in [-0.15, -0.1) is 13.2 Å². The molecule has 38 heavy (non-hydrogen) atoms. The van der Waals surface area contributed by atoms with Crippen LogP contribution in [0.15, 0.2) is 85.5 Å². The summed E-state index contributed by atoms with van der Waals surface area (Å²) in [6.07, 6.45) is 0.449. The molecule has 0 saturated heterocycles. The van der Waals surface area contributed by atoms with E-state index in [4.69, 9.17) is 12.2 Å². The van der Waals surface area contributed by atoms with Crippen LogP contribution in [-0.2, 0) is 0 Å². The molecule has 0 fully saturated rings. The number of para-hydroxylation sites is 1. The van der Waals surface area contributed by atoms with Crippen molar-refractivity contribution >= 4 is 39.6 Å². The van der Waals surface area contributed by atoms with Crippen molar-refractivity contribution in [3.05, 3.63) is 96.6 Å². The number of rotatable bonds is 5. The maximum Gasteiger partial charge on any atom is 0.573 e. The Labute approximate surface area is 222 Å². The molecule has 0 atom stereocenters. The summed E-state index contributed by atoms with van der Waals surface area (Å²) < 4.78 is 42.8. The number of hydrogen-bond acceptors (Lipinski definition) is 4. The molecule has 10 heteroatoms. The number of aryl methyl sites for hydroxylation is 2. The van der Waals surface area contributed by atoms with E-state index in [2.05, 4.69) is 25.3 Å². The SMILES string of the molecule is Cc1cccc(C)c1NC(=S)Nc1cc2ccc(-c3cn(-c4ccc(OC(F)(F)F)cc4)cn3)cc2cn1. The first-order valence-corrected chi connectivity index (χ1v) is 12.0. The van der Waals surface area contributed by atoms with Gasteiger partial charge in [-0.05, 0) is 79.0 Å². The van der Waals surface area contributed by atoms with Crippen LogP contribution in [0.25, 0.3) is 27.7 Å². The molecule has 5 aromatic rings. The Morgan fingerprint density at radius 1 is 0.895 bits per heavy atom. The van der Waals surface area contributed by atoms with Crippen LogP contribution in [0.1, 0.15) is 11.1 Å². The number of halogens is 3. The zero-order valence-corrected chi connectivity index (χ0v) is 21.2. The number of pyridine rings is 1. The predicted molar refractivity (Wildman–Crippen MR) is 147 cm³/mol. The van der Waals surface area contributed by atoms with Gasteiger partial charge >= 0.3 is 6.36 Å². The van der Waals surface area contributed by atoms with Crippen molar-refractivity contribution in [3.63, 3.8) is 0 Å². The number of thiocarbonyl (C=S) groups is 1. The second kappa shape index (κ2) is 10.1. The van der Waals surface area contributed by atoms with Gasteiger partial charge in [0, 0.05) is 34.7 Å². The first-order valence-electron chi connectivity index (χ1n) is 11.6. The van der Waals surface area contributed by atoms with E-state index < -0.39 is 6.36 Å². The van der Waals surface area contributed by atoms with E-state index in [9.17, 15) is 13.2 Å². The van der Waals surface area contributed by atoms with Crippen LogP contribution in [0.3, 0.4) is 0 Å². The first-order chi connectivity index (χ1) is 18.1. The van der Waals surface area contributed by atoms with Crippen molar-refractivity contribution in [1.29, 1.82) is 0 Å². The van der Waals surface area contributed by atoms with Crippen LogP contribution in [-0.4, -0.2) is 26.0 Å². The topological polar surface area (TPSA) is 64.0 Å². The van der Waals surface area contributed by atoms with Gasteiger partial charge in [-0.25, -0.2) is 9.97 Å². The number of anilines is 2. The third-order valence-corrected chi connectivity index (χ3v) is 6.13. The Morgan fingerprint density at radius 2 is 1.63 bits per heavy atom. The van der Waals surface area contributed by atoms with Gasteiger partial charge < -0.3 is 19.9 Å². The lowest BCUT2D eigenvalue weighted by molar-refractivity contribution is -0.274. The highest BCUT2D eigenvalue weighted by Crippen LogP contribution is 2.27. The van der Waals surface area contributed by atoms with Gasteiger partial charge in [-0.3, -0.25) is 0 Å². The third-order valence-electron chi connectivity index (χ3n) is 5.93. The molecule has 0 bridgehead atoms. The van der Waals surface area contributed by atoms with E-state index in [1.165, 1.54) is 24.3 Å². The highest BCUT2D eigenvalue weighted by Gasteiger charge is 2.31. The molecular weight excluding hydrogens is 511 g/mol. The number of aromatic nitrogens is 3. The van der Waals surface area contributed by atoms with Gasteiger partial charge in [0.2, 0.25) is 0 Å². The minimum Gasteiger partial charge on any atom is -0.406 e. The summed E-state index contributed by atoms with van der Waals surface area (Å²) in [5.74, 6) is 0.343. The lowest BCUT2D eigenvalue weighted by atomic mass is 10.1. The number of nitrogens with one attached hydrogen (secondary N) is 2. The van der Waals surface area contributed by atoms with Gasteiger partial charge in [-0.2, -0.15) is 0 Å². The summed E-state index contributed by atoms with van der Waals surface area (Å²) in [6, 6.07) is 19.5. The highest BCUT2D eigenvalue weighted by molar-refractivity contribution is 7.80. The number of imidazole rings is 1. The molecule has 0 saturated carbocycles. The molecule has 2 heterocycles. The molecule has 3 aromatic carbocycles. The minimum atomic E-state index is -4.73. The lowest BCUT2D eigenvalue weighted by Gasteiger charge is -2.14. The number of alkyl halides is 3. The molecule has 0 unspecified atom stereocenters. The third kappa shape index (κ3) is 5.76. The average Bonchev–Trinajstić information content (AvgIpc) is 3.36. The largest absolute Gasteiger partial charge is 0.573 e. The predicted octanol–water partition coefficient (Wildman–Crippen LogP) is 7.41. The quantitative estimate of drug-likeness (QED) is 0.229. The van der Waals surface area contributed by atoms with E-state index >= 15 is 0 Å². The van der Waals surface area contributed by atoms with E-state index in [1.54, 1.807) is 17.1 Å². The van der Waals surface area contributed by atoms with E-state index in [-0.39, 0.29) is 5.75 Å². The second-order valence-electron chi connectivity index (χ2n) is 8.69. The Bertz CT molecular complexity index is 1610. The normalized spacial score (nSPS) is 11.4. The fraction of sp³-hybridized carbons (Fsp3) is 0.107. The fourth-order valence-corrected chi connectivity index (χ4v) is 4.28. The molecule has 0 aliphatic rings. The van der Waals surface area contributed by atoms with Crippen molar-refractivity contribution in [2.75, 3.05) is 10.6 Å². The van der Waals surface area contributed by atoms with Gasteiger partial charge in [0.15, 0.2) is 5.11 Å². The van der Waals surface area contributed by atoms with Gasteiger partial charge in [-0.1, -0.05) is 30.3 Å². The summed E-state index contributed by atoms with van der Waals surface area (Å²) in [7, 11) is 0. The summed E-state index contributed by atoms with van der Waals surface area (Å²) in [4.78, 5) is 8.95. The number of ether oxygens (including phenoxy) is 1. The van der Waals surface area contributed by atoms with Gasteiger partial charge in [0.1, 0.15) is 11.6 Å². The van der Waals surface area contributed by atoms with Crippen LogP contribution in [0.5, 0.6) is 5.75 Å². The summed E-state index contributed by atoms with van der Waals surface area (Å²) in [5, 5.41) is 8.74. The van der Waals surface area contributed by atoms with Crippen molar-refractivity contribution in [3.8, 4) is 22.7 Å². The Kier molecular flexibility index (Phi) is 6.73. The minimum absolute atomic E-state index is 0.278. The van der Waals surface area contributed by atoms with Crippen LogP contribution in [0.2, 0.25) is 0 Å². The molecule has 2 N–H and O–H groups in total. The molecule has 0 radical (unpaired) electrons. The lowest BCUT2D eigenvalue weighted by Crippen LogP contribution is -2.20.